The summed E-state index contributed by atoms with van der Waals surface area (Å²) in [5.41, 5.74) is 2.14. The lowest BCUT2D eigenvalue weighted by Gasteiger charge is -2.45. The van der Waals surface area contributed by atoms with Crippen LogP contribution in [0, 0.1) is 0 Å². The highest BCUT2D eigenvalue weighted by molar-refractivity contribution is 5.93. The van der Waals surface area contributed by atoms with Gasteiger partial charge in [-0.1, -0.05) is 0 Å². The summed E-state index contributed by atoms with van der Waals surface area (Å²) in [4.78, 5) is 28.1. The van der Waals surface area contributed by atoms with Crippen LogP contribution >= 0.6 is 0 Å². The molecule has 0 aliphatic carbocycles. The van der Waals surface area contributed by atoms with Crippen LogP contribution < -0.4 is 4.90 Å². The molecule has 6 nitrogen and oxygen atoms in total. The Labute approximate surface area is 148 Å². The largest absolute Gasteiger partial charge is 0.457 e. The molecule has 2 atom stereocenters. The number of amides is 1. The predicted octanol–water partition coefficient (Wildman–Crippen LogP) is 3.19. The van der Waals surface area contributed by atoms with E-state index in [4.69, 9.17) is 9.47 Å². The molecule has 0 radical (unpaired) electrons. The molecule has 1 aromatic carbocycles. The van der Waals surface area contributed by atoms with E-state index >= 15 is 0 Å². The second-order valence-electron chi connectivity index (χ2n) is 7.90. The molecule has 0 N–H and O–H groups in total. The van der Waals surface area contributed by atoms with E-state index in [1.807, 2.05) is 45.9 Å². The van der Waals surface area contributed by atoms with E-state index in [0.717, 1.165) is 11.3 Å². The lowest BCUT2D eigenvalue weighted by atomic mass is 10.0. The molecule has 1 saturated heterocycles. The van der Waals surface area contributed by atoms with Crippen molar-refractivity contribution < 1.29 is 19.1 Å². The highest BCUT2D eigenvalue weighted by Gasteiger charge is 2.35. The van der Waals surface area contributed by atoms with Crippen molar-refractivity contribution in [3.63, 3.8) is 0 Å². The summed E-state index contributed by atoms with van der Waals surface area (Å²) in [6.07, 6.45) is -0.264. The van der Waals surface area contributed by atoms with Gasteiger partial charge in [0, 0.05) is 36.4 Å². The number of rotatable bonds is 1. The van der Waals surface area contributed by atoms with Gasteiger partial charge in [0.05, 0.1) is 5.56 Å². The second-order valence-corrected chi connectivity index (χ2v) is 7.90. The summed E-state index contributed by atoms with van der Waals surface area (Å²) < 4.78 is 10.6. The molecule has 1 amide bonds. The quantitative estimate of drug-likeness (QED) is 0.731. The molecule has 0 saturated carbocycles. The number of cyclic esters (lactones) is 1. The van der Waals surface area contributed by atoms with Crippen molar-refractivity contribution in [2.24, 2.45) is 0 Å². The minimum absolute atomic E-state index is 0.0391. The Bertz CT molecular complexity index is 695. The molecule has 3 rings (SSSR count). The molecule has 1 aromatic rings. The minimum atomic E-state index is -0.496. The Kier molecular flexibility index (Phi) is 4.39. The molecule has 0 unspecified atom stereocenters. The molecule has 2 aliphatic rings. The fourth-order valence-corrected chi connectivity index (χ4v) is 3.36. The van der Waals surface area contributed by atoms with Gasteiger partial charge < -0.3 is 19.3 Å². The Morgan fingerprint density at radius 2 is 1.92 bits per heavy atom. The summed E-state index contributed by atoms with van der Waals surface area (Å²) in [6, 6.07) is 6.00. The molecular formula is C19H26N2O4. The number of carbonyl (C=O) groups is 2. The fraction of sp³-hybridized carbons (Fsp3) is 0.579. The zero-order valence-corrected chi connectivity index (χ0v) is 15.5. The monoisotopic (exact) mass is 346 g/mol. The summed E-state index contributed by atoms with van der Waals surface area (Å²) in [7, 11) is 0. The summed E-state index contributed by atoms with van der Waals surface area (Å²) in [5, 5.41) is 0. The van der Waals surface area contributed by atoms with E-state index in [0.29, 0.717) is 25.3 Å². The van der Waals surface area contributed by atoms with Crippen molar-refractivity contribution in [1.82, 2.24) is 4.90 Å². The van der Waals surface area contributed by atoms with Crippen LogP contribution in [0.1, 0.15) is 50.5 Å². The summed E-state index contributed by atoms with van der Waals surface area (Å²) in [6.45, 7) is 11.4. The number of fused-ring (bicyclic) bond motifs is 1. The first-order valence-corrected chi connectivity index (χ1v) is 8.72. The first-order valence-electron chi connectivity index (χ1n) is 8.72. The van der Waals surface area contributed by atoms with Gasteiger partial charge in [-0.05, 0) is 52.8 Å². The molecule has 0 aromatic heterocycles. The number of carbonyl (C=O) groups excluding carboxylic acids is 2. The van der Waals surface area contributed by atoms with E-state index in [1.54, 1.807) is 4.90 Å². The van der Waals surface area contributed by atoms with Crippen LogP contribution in [0.5, 0.6) is 0 Å². The van der Waals surface area contributed by atoms with E-state index in [1.165, 1.54) is 0 Å². The van der Waals surface area contributed by atoms with Gasteiger partial charge in [-0.3, -0.25) is 0 Å². The SMILES string of the molecule is C[C@@H]1CN(C(=O)OC(C)(C)C)[C@@H](C)CN1c1ccc2c(c1)COC2=O. The number of piperazine rings is 1. The number of hydrogen-bond acceptors (Lipinski definition) is 5. The van der Waals surface area contributed by atoms with E-state index in [-0.39, 0.29) is 24.1 Å². The molecule has 2 aliphatic heterocycles. The highest BCUT2D eigenvalue weighted by atomic mass is 16.6. The highest BCUT2D eigenvalue weighted by Crippen LogP contribution is 2.29. The molecular weight excluding hydrogens is 320 g/mol. The van der Waals surface area contributed by atoms with Crippen LogP contribution in [0.4, 0.5) is 10.5 Å². The van der Waals surface area contributed by atoms with Crippen molar-refractivity contribution in [3.05, 3.63) is 29.3 Å². The lowest BCUT2D eigenvalue weighted by molar-refractivity contribution is 0.0130. The van der Waals surface area contributed by atoms with Crippen molar-refractivity contribution in [1.29, 1.82) is 0 Å². The van der Waals surface area contributed by atoms with E-state index in [9.17, 15) is 9.59 Å². The number of nitrogens with zero attached hydrogens (tertiary/aromatic N) is 2. The molecule has 0 spiro atoms. The zero-order chi connectivity index (χ0) is 18.4. The fourth-order valence-electron chi connectivity index (χ4n) is 3.36. The second kappa shape index (κ2) is 6.24. The Hall–Kier alpha value is -2.24. The van der Waals surface area contributed by atoms with E-state index < -0.39 is 5.60 Å². The van der Waals surface area contributed by atoms with Crippen LogP contribution in [0.3, 0.4) is 0 Å². The topological polar surface area (TPSA) is 59.1 Å². The normalized spacial score (nSPS) is 23.3. The van der Waals surface area contributed by atoms with E-state index in [2.05, 4.69) is 11.8 Å². The summed E-state index contributed by atoms with van der Waals surface area (Å²) >= 11 is 0. The summed E-state index contributed by atoms with van der Waals surface area (Å²) in [5.74, 6) is -0.252. The number of anilines is 1. The molecule has 1 fully saturated rings. The smallest absolute Gasteiger partial charge is 0.410 e. The molecule has 6 heteroatoms. The van der Waals surface area contributed by atoms with Gasteiger partial charge in [0.2, 0.25) is 0 Å². The average Bonchev–Trinajstić information content (AvgIpc) is 2.88. The maximum atomic E-state index is 12.4. The predicted molar refractivity (Wildman–Crippen MR) is 94.8 cm³/mol. The van der Waals surface area contributed by atoms with Gasteiger partial charge in [0.15, 0.2) is 0 Å². The third-order valence-corrected chi connectivity index (χ3v) is 4.61. The van der Waals surface area contributed by atoms with Gasteiger partial charge in [0.1, 0.15) is 12.2 Å². The van der Waals surface area contributed by atoms with Crippen LogP contribution in [0.15, 0.2) is 18.2 Å². The standard InChI is InChI=1S/C19H26N2O4/c1-12-10-21(18(23)25-19(3,4)5)13(2)9-20(12)15-6-7-16-14(8-15)11-24-17(16)22/h6-8,12-13H,9-11H2,1-5H3/t12-,13+/m1/s1. The molecule has 25 heavy (non-hydrogen) atoms. The third kappa shape index (κ3) is 3.57. The zero-order valence-electron chi connectivity index (χ0n) is 15.5. The number of benzene rings is 1. The van der Waals surface area contributed by atoms with Crippen LogP contribution in [-0.4, -0.2) is 47.7 Å². The molecule has 136 valence electrons. The number of esters is 1. The lowest BCUT2D eigenvalue weighted by Crippen LogP contribution is -2.59. The van der Waals surface area contributed by atoms with Crippen molar-refractivity contribution in [2.45, 2.75) is 58.9 Å². The van der Waals surface area contributed by atoms with Crippen LogP contribution in [0.25, 0.3) is 0 Å². The minimum Gasteiger partial charge on any atom is -0.457 e. The van der Waals surface area contributed by atoms with Gasteiger partial charge in [-0.2, -0.15) is 0 Å². The number of ether oxygens (including phenoxy) is 2. The maximum absolute atomic E-state index is 12.4. The van der Waals surface area contributed by atoms with Gasteiger partial charge in [0.25, 0.3) is 0 Å². The van der Waals surface area contributed by atoms with Crippen LogP contribution in [-0.2, 0) is 16.1 Å². The molecule has 0 bridgehead atoms. The van der Waals surface area contributed by atoms with Crippen molar-refractivity contribution in [2.75, 3.05) is 18.0 Å². The van der Waals surface area contributed by atoms with Crippen molar-refractivity contribution >= 4 is 17.7 Å². The molecule has 2 heterocycles. The van der Waals surface area contributed by atoms with Gasteiger partial charge in [-0.25, -0.2) is 9.59 Å². The Morgan fingerprint density at radius 1 is 1.20 bits per heavy atom. The average molecular weight is 346 g/mol. The Balaban J connectivity index is 1.74. The van der Waals surface area contributed by atoms with Crippen molar-refractivity contribution in [3.8, 4) is 0 Å². The maximum Gasteiger partial charge on any atom is 0.410 e. The first kappa shape index (κ1) is 17.6. The first-order chi connectivity index (χ1) is 11.7. The Morgan fingerprint density at radius 3 is 2.60 bits per heavy atom. The van der Waals surface area contributed by atoms with Crippen LogP contribution in [0.2, 0.25) is 0 Å². The van der Waals surface area contributed by atoms with Gasteiger partial charge in [-0.15, -0.1) is 0 Å². The number of hydrogen-bond donors (Lipinski definition) is 0. The van der Waals surface area contributed by atoms with Gasteiger partial charge >= 0.3 is 12.1 Å². The third-order valence-electron chi connectivity index (χ3n) is 4.61.